The molecule has 6 nitrogen and oxygen atoms in total. The van der Waals surface area contributed by atoms with Crippen LogP contribution < -0.4 is 5.32 Å². The third-order valence-electron chi connectivity index (χ3n) is 5.26. The van der Waals surface area contributed by atoms with Crippen molar-refractivity contribution in [2.24, 2.45) is 5.92 Å². The van der Waals surface area contributed by atoms with Crippen molar-refractivity contribution in [1.82, 2.24) is 4.90 Å². The Morgan fingerprint density at radius 2 is 1.73 bits per heavy atom. The van der Waals surface area contributed by atoms with Crippen LogP contribution in [0, 0.1) is 19.8 Å². The van der Waals surface area contributed by atoms with Crippen LogP contribution in [0.25, 0.3) is 0 Å². The van der Waals surface area contributed by atoms with E-state index in [-0.39, 0.29) is 5.91 Å². The summed E-state index contributed by atoms with van der Waals surface area (Å²) in [7, 11) is 0. The number of hydrogen-bond donors (Lipinski definition) is 1. The number of carbonyl (C=O) groups excluding carboxylic acids is 3. The SMILES string of the molecule is CC(=O)N1CCC[C@@H](C(=O)O[C@@H](C(=O)Nc2cc(C)cc(C)c2)c2ccccc2)C1. The van der Waals surface area contributed by atoms with E-state index in [9.17, 15) is 14.4 Å². The summed E-state index contributed by atoms with van der Waals surface area (Å²) in [5.74, 6) is -1.34. The smallest absolute Gasteiger partial charge is 0.311 e. The summed E-state index contributed by atoms with van der Waals surface area (Å²) in [5, 5.41) is 2.88. The van der Waals surface area contributed by atoms with Crippen molar-refractivity contribution in [3.8, 4) is 0 Å². The molecule has 158 valence electrons. The van der Waals surface area contributed by atoms with Crippen LogP contribution in [-0.2, 0) is 19.1 Å². The molecule has 0 spiro atoms. The van der Waals surface area contributed by atoms with Gasteiger partial charge in [-0.25, -0.2) is 0 Å². The molecule has 6 heteroatoms. The summed E-state index contributed by atoms with van der Waals surface area (Å²) in [6.45, 7) is 6.39. The van der Waals surface area contributed by atoms with Gasteiger partial charge in [0.05, 0.1) is 5.92 Å². The first-order valence-corrected chi connectivity index (χ1v) is 10.2. The second-order valence-corrected chi connectivity index (χ2v) is 7.90. The Kier molecular flexibility index (Phi) is 6.87. The maximum atomic E-state index is 13.1. The highest BCUT2D eigenvalue weighted by Gasteiger charge is 2.32. The number of carbonyl (C=O) groups is 3. The van der Waals surface area contributed by atoms with Gasteiger partial charge in [-0.3, -0.25) is 14.4 Å². The topological polar surface area (TPSA) is 75.7 Å². The normalized spacial score (nSPS) is 17.2. The van der Waals surface area contributed by atoms with Crippen molar-refractivity contribution in [2.75, 3.05) is 18.4 Å². The molecule has 1 fully saturated rings. The molecule has 0 radical (unpaired) electrons. The molecular weight excluding hydrogens is 380 g/mol. The molecule has 1 heterocycles. The van der Waals surface area contributed by atoms with Crippen LogP contribution in [-0.4, -0.2) is 35.8 Å². The van der Waals surface area contributed by atoms with Crippen molar-refractivity contribution in [3.05, 3.63) is 65.2 Å². The molecule has 0 aromatic heterocycles. The number of benzene rings is 2. The van der Waals surface area contributed by atoms with E-state index in [2.05, 4.69) is 5.32 Å². The lowest BCUT2D eigenvalue weighted by Crippen LogP contribution is -2.42. The second-order valence-electron chi connectivity index (χ2n) is 7.90. The number of ether oxygens (including phenoxy) is 1. The predicted molar refractivity (Wildman–Crippen MR) is 115 cm³/mol. The summed E-state index contributed by atoms with van der Waals surface area (Å²) < 4.78 is 5.71. The molecule has 1 saturated heterocycles. The van der Waals surface area contributed by atoms with Gasteiger partial charge < -0.3 is 15.0 Å². The number of amides is 2. The number of aryl methyl sites for hydroxylation is 2. The van der Waals surface area contributed by atoms with E-state index in [0.29, 0.717) is 30.8 Å². The van der Waals surface area contributed by atoms with E-state index in [1.165, 1.54) is 6.92 Å². The van der Waals surface area contributed by atoms with E-state index in [4.69, 9.17) is 4.74 Å². The average Bonchev–Trinajstić information content (AvgIpc) is 2.71. The summed E-state index contributed by atoms with van der Waals surface area (Å²) >= 11 is 0. The Labute approximate surface area is 177 Å². The van der Waals surface area contributed by atoms with Crippen molar-refractivity contribution in [1.29, 1.82) is 0 Å². The van der Waals surface area contributed by atoms with Gasteiger partial charge in [0.25, 0.3) is 5.91 Å². The van der Waals surface area contributed by atoms with Gasteiger partial charge in [-0.1, -0.05) is 36.4 Å². The zero-order valence-electron chi connectivity index (χ0n) is 17.7. The Morgan fingerprint density at radius 3 is 2.37 bits per heavy atom. The van der Waals surface area contributed by atoms with Crippen LogP contribution in [0.4, 0.5) is 5.69 Å². The fourth-order valence-electron chi connectivity index (χ4n) is 3.82. The minimum Gasteiger partial charge on any atom is -0.447 e. The van der Waals surface area contributed by atoms with Crippen LogP contribution in [0.5, 0.6) is 0 Å². The molecule has 1 N–H and O–H groups in total. The highest BCUT2D eigenvalue weighted by Crippen LogP contribution is 2.25. The number of piperidine rings is 1. The minimum atomic E-state index is -1.06. The van der Waals surface area contributed by atoms with Crippen molar-refractivity contribution in [2.45, 2.75) is 39.7 Å². The zero-order chi connectivity index (χ0) is 21.7. The monoisotopic (exact) mass is 408 g/mol. The Bertz CT molecular complexity index is 906. The van der Waals surface area contributed by atoms with Crippen molar-refractivity contribution < 1.29 is 19.1 Å². The molecule has 0 unspecified atom stereocenters. The summed E-state index contributed by atoms with van der Waals surface area (Å²) in [6, 6.07) is 14.8. The fourth-order valence-corrected chi connectivity index (χ4v) is 3.82. The third-order valence-corrected chi connectivity index (χ3v) is 5.26. The van der Waals surface area contributed by atoms with Gasteiger partial charge in [0, 0.05) is 31.3 Å². The number of hydrogen-bond acceptors (Lipinski definition) is 4. The van der Waals surface area contributed by atoms with Gasteiger partial charge in [-0.2, -0.15) is 0 Å². The quantitative estimate of drug-likeness (QED) is 0.764. The van der Waals surface area contributed by atoms with E-state index in [0.717, 1.165) is 17.5 Å². The van der Waals surface area contributed by atoms with Gasteiger partial charge in [0.1, 0.15) is 0 Å². The van der Waals surface area contributed by atoms with Crippen LogP contribution in [0.2, 0.25) is 0 Å². The molecule has 2 atom stereocenters. The van der Waals surface area contributed by atoms with Crippen LogP contribution in [0.15, 0.2) is 48.5 Å². The number of esters is 1. The Balaban J connectivity index is 1.78. The first-order valence-electron chi connectivity index (χ1n) is 10.2. The molecule has 2 amide bonds. The molecule has 0 saturated carbocycles. The van der Waals surface area contributed by atoms with Gasteiger partial charge in [0.2, 0.25) is 12.0 Å². The van der Waals surface area contributed by atoms with E-state index >= 15 is 0 Å². The van der Waals surface area contributed by atoms with Gasteiger partial charge in [0.15, 0.2) is 0 Å². The van der Waals surface area contributed by atoms with E-state index < -0.39 is 23.9 Å². The average molecular weight is 408 g/mol. The zero-order valence-corrected chi connectivity index (χ0v) is 17.7. The van der Waals surface area contributed by atoms with E-state index in [1.807, 2.05) is 38.1 Å². The number of likely N-dealkylation sites (tertiary alicyclic amines) is 1. The van der Waals surface area contributed by atoms with E-state index in [1.54, 1.807) is 29.2 Å². The van der Waals surface area contributed by atoms with Crippen LogP contribution >= 0.6 is 0 Å². The molecular formula is C24H28N2O4. The number of anilines is 1. The lowest BCUT2D eigenvalue weighted by molar-refractivity contribution is -0.161. The van der Waals surface area contributed by atoms with Crippen molar-refractivity contribution in [3.63, 3.8) is 0 Å². The Morgan fingerprint density at radius 1 is 1.07 bits per heavy atom. The minimum absolute atomic E-state index is 0.0559. The Hall–Kier alpha value is -3.15. The lowest BCUT2D eigenvalue weighted by atomic mass is 9.98. The predicted octanol–water partition coefficient (Wildman–Crippen LogP) is 3.78. The van der Waals surface area contributed by atoms with Crippen LogP contribution in [0.1, 0.15) is 42.6 Å². The highest BCUT2D eigenvalue weighted by atomic mass is 16.5. The third kappa shape index (κ3) is 5.47. The standard InChI is InChI=1S/C24H28N2O4/c1-16-12-17(2)14-21(13-16)25-23(28)22(19-8-5-4-6-9-19)30-24(29)20-10-7-11-26(15-20)18(3)27/h4-6,8-9,12-14,20,22H,7,10-11,15H2,1-3H3,(H,25,28)/t20-,22-/m1/s1. The fraction of sp³-hybridized carbons (Fsp3) is 0.375. The molecule has 1 aliphatic rings. The molecule has 0 bridgehead atoms. The summed E-state index contributed by atoms with van der Waals surface area (Å²) in [6.07, 6.45) is 0.319. The van der Waals surface area contributed by atoms with Gasteiger partial charge >= 0.3 is 5.97 Å². The maximum Gasteiger partial charge on any atom is 0.311 e. The van der Waals surface area contributed by atoms with Gasteiger partial charge in [-0.05, 0) is 49.9 Å². The molecule has 3 rings (SSSR count). The van der Waals surface area contributed by atoms with Gasteiger partial charge in [-0.15, -0.1) is 0 Å². The molecule has 2 aromatic carbocycles. The van der Waals surface area contributed by atoms with Crippen LogP contribution in [0.3, 0.4) is 0 Å². The number of nitrogens with zero attached hydrogens (tertiary/aromatic N) is 1. The molecule has 1 aliphatic heterocycles. The maximum absolute atomic E-state index is 13.1. The summed E-state index contributed by atoms with van der Waals surface area (Å²) in [5.41, 5.74) is 3.33. The largest absolute Gasteiger partial charge is 0.447 e. The first kappa shape index (κ1) is 21.6. The highest BCUT2D eigenvalue weighted by molar-refractivity contribution is 5.96. The molecule has 0 aliphatic carbocycles. The number of nitrogens with one attached hydrogen (secondary N) is 1. The lowest BCUT2D eigenvalue weighted by Gasteiger charge is -2.31. The summed E-state index contributed by atoms with van der Waals surface area (Å²) in [4.78, 5) is 39.3. The number of rotatable bonds is 5. The van der Waals surface area contributed by atoms with Crippen molar-refractivity contribution >= 4 is 23.5 Å². The molecule has 30 heavy (non-hydrogen) atoms. The molecule has 2 aromatic rings. The first-order chi connectivity index (χ1) is 14.3. The second kappa shape index (κ2) is 9.57.